The van der Waals surface area contributed by atoms with Gasteiger partial charge in [0.15, 0.2) is 5.65 Å². The standard InChI is InChI=1S/C24H29N5O3S2/c1-5-28(6-2)34(31,32)23-14-11-18(33-23)15-25-22(30)13-12-19-16(3)26-24-20-9-7-8-10-21(20)27-29(24)17(19)4/h7-11,14H,5-6,12-13,15H2,1-4H3,(H,25,30). The van der Waals surface area contributed by atoms with E-state index in [-0.39, 0.29) is 5.91 Å². The molecule has 1 aromatic carbocycles. The third-order valence-corrected chi connectivity index (χ3v) is 9.62. The Balaban J connectivity index is 1.41. The van der Waals surface area contributed by atoms with E-state index in [4.69, 9.17) is 4.98 Å². The minimum atomic E-state index is -3.48. The molecule has 0 spiro atoms. The predicted molar refractivity (Wildman–Crippen MR) is 135 cm³/mol. The molecule has 0 bridgehead atoms. The number of nitrogens with zero attached hydrogens (tertiary/aromatic N) is 4. The van der Waals surface area contributed by atoms with E-state index in [0.29, 0.717) is 36.7 Å². The van der Waals surface area contributed by atoms with Crippen LogP contribution in [0.15, 0.2) is 40.6 Å². The fourth-order valence-corrected chi connectivity index (χ4v) is 7.04. The van der Waals surface area contributed by atoms with Crippen molar-refractivity contribution in [1.82, 2.24) is 24.2 Å². The van der Waals surface area contributed by atoms with Crippen molar-refractivity contribution in [2.45, 2.75) is 51.3 Å². The Labute approximate surface area is 203 Å². The summed E-state index contributed by atoms with van der Waals surface area (Å²) in [4.78, 5) is 18.1. The fourth-order valence-electron chi connectivity index (χ4n) is 4.13. The second-order valence-corrected chi connectivity index (χ2v) is 11.4. The molecule has 0 saturated carbocycles. The van der Waals surface area contributed by atoms with E-state index in [0.717, 1.165) is 38.4 Å². The highest BCUT2D eigenvalue weighted by Crippen LogP contribution is 2.25. The minimum absolute atomic E-state index is 0.0916. The number of aromatic nitrogens is 3. The summed E-state index contributed by atoms with van der Waals surface area (Å²) in [6.45, 7) is 8.77. The number of rotatable bonds is 9. The molecule has 0 fully saturated rings. The molecule has 0 aliphatic carbocycles. The van der Waals surface area contributed by atoms with Gasteiger partial charge in [0.25, 0.3) is 10.0 Å². The first-order valence-corrected chi connectivity index (χ1v) is 13.6. The molecule has 0 aliphatic rings. The van der Waals surface area contributed by atoms with Crippen LogP contribution in [0.4, 0.5) is 0 Å². The Morgan fingerprint density at radius 1 is 1.12 bits per heavy atom. The number of hydrogen-bond donors (Lipinski definition) is 1. The molecule has 10 heteroatoms. The maximum Gasteiger partial charge on any atom is 0.252 e. The van der Waals surface area contributed by atoms with E-state index in [1.165, 1.54) is 15.6 Å². The zero-order chi connectivity index (χ0) is 24.5. The average molecular weight is 500 g/mol. The first kappa shape index (κ1) is 24.3. The van der Waals surface area contributed by atoms with Crippen LogP contribution in [0.3, 0.4) is 0 Å². The van der Waals surface area contributed by atoms with Gasteiger partial charge in [-0.05, 0) is 50.1 Å². The lowest BCUT2D eigenvalue weighted by Gasteiger charge is -2.16. The monoisotopic (exact) mass is 499 g/mol. The average Bonchev–Trinajstić information content (AvgIpc) is 3.44. The first-order valence-electron chi connectivity index (χ1n) is 11.3. The van der Waals surface area contributed by atoms with Crippen molar-refractivity contribution in [3.8, 4) is 0 Å². The summed E-state index contributed by atoms with van der Waals surface area (Å²) < 4.78 is 28.9. The first-order chi connectivity index (χ1) is 16.3. The smallest absolute Gasteiger partial charge is 0.252 e. The minimum Gasteiger partial charge on any atom is -0.351 e. The van der Waals surface area contributed by atoms with Gasteiger partial charge in [-0.1, -0.05) is 26.0 Å². The molecule has 34 heavy (non-hydrogen) atoms. The van der Waals surface area contributed by atoms with Crippen LogP contribution in [0.25, 0.3) is 16.6 Å². The second kappa shape index (κ2) is 9.81. The lowest BCUT2D eigenvalue weighted by Crippen LogP contribution is -2.30. The lowest BCUT2D eigenvalue weighted by atomic mass is 10.1. The molecule has 3 heterocycles. The molecule has 0 aliphatic heterocycles. The van der Waals surface area contributed by atoms with E-state index >= 15 is 0 Å². The van der Waals surface area contributed by atoms with Gasteiger partial charge >= 0.3 is 0 Å². The maximum absolute atomic E-state index is 12.7. The van der Waals surface area contributed by atoms with Crippen molar-refractivity contribution in [3.63, 3.8) is 0 Å². The second-order valence-electron chi connectivity index (χ2n) is 8.10. The van der Waals surface area contributed by atoms with Crippen molar-refractivity contribution in [2.75, 3.05) is 13.1 Å². The third kappa shape index (κ3) is 4.57. The molecule has 0 atom stereocenters. The van der Waals surface area contributed by atoms with Crippen LogP contribution in [-0.2, 0) is 27.8 Å². The number of aryl methyl sites for hydroxylation is 2. The predicted octanol–water partition coefficient (Wildman–Crippen LogP) is 3.84. The van der Waals surface area contributed by atoms with E-state index in [2.05, 4.69) is 10.4 Å². The van der Waals surface area contributed by atoms with Gasteiger partial charge in [0.1, 0.15) is 4.21 Å². The molecule has 0 radical (unpaired) electrons. The number of nitrogens with one attached hydrogen (secondary N) is 1. The highest BCUT2D eigenvalue weighted by Gasteiger charge is 2.23. The number of hydrogen-bond acceptors (Lipinski definition) is 6. The van der Waals surface area contributed by atoms with Crippen molar-refractivity contribution in [3.05, 3.63) is 58.2 Å². The fraction of sp³-hybridized carbons (Fsp3) is 0.375. The van der Waals surface area contributed by atoms with Crippen LogP contribution in [-0.4, -0.2) is 46.3 Å². The molecule has 8 nitrogen and oxygen atoms in total. The highest BCUT2D eigenvalue weighted by molar-refractivity contribution is 7.91. The van der Waals surface area contributed by atoms with Crippen LogP contribution >= 0.6 is 11.3 Å². The Morgan fingerprint density at radius 3 is 2.59 bits per heavy atom. The summed E-state index contributed by atoms with van der Waals surface area (Å²) in [6.07, 6.45) is 0.861. The van der Waals surface area contributed by atoms with Crippen molar-refractivity contribution >= 4 is 43.8 Å². The summed E-state index contributed by atoms with van der Waals surface area (Å²) in [5.74, 6) is -0.0916. The number of benzene rings is 1. The maximum atomic E-state index is 12.7. The zero-order valence-corrected chi connectivity index (χ0v) is 21.5. The number of fused-ring (bicyclic) bond motifs is 3. The molecular formula is C24H29N5O3S2. The number of thiophene rings is 1. The number of carbonyl (C=O) groups excluding carboxylic acids is 1. The molecule has 1 amide bonds. The molecule has 0 unspecified atom stereocenters. The Bertz CT molecular complexity index is 1450. The Kier molecular flexibility index (Phi) is 7.01. The van der Waals surface area contributed by atoms with Gasteiger partial charge in [-0.15, -0.1) is 11.3 Å². The molecule has 4 rings (SSSR count). The summed E-state index contributed by atoms with van der Waals surface area (Å²) in [7, 11) is -3.48. The molecule has 1 N–H and O–H groups in total. The quantitative estimate of drug-likeness (QED) is 0.377. The molecule has 0 saturated heterocycles. The van der Waals surface area contributed by atoms with Crippen LogP contribution < -0.4 is 5.32 Å². The van der Waals surface area contributed by atoms with E-state index in [9.17, 15) is 13.2 Å². The van der Waals surface area contributed by atoms with E-state index in [1.54, 1.807) is 12.1 Å². The molecule has 180 valence electrons. The summed E-state index contributed by atoms with van der Waals surface area (Å²) in [5, 5.41) is 8.59. The van der Waals surface area contributed by atoms with Crippen LogP contribution in [0.2, 0.25) is 0 Å². The van der Waals surface area contributed by atoms with Crippen molar-refractivity contribution in [2.24, 2.45) is 0 Å². The van der Waals surface area contributed by atoms with E-state index < -0.39 is 10.0 Å². The third-order valence-electron chi connectivity index (χ3n) is 6.02. The number of carbonyl (C=O) groups is 1. The van der Waals surface area contributed by atoms with Gasteiger partial charge in [-0.3, -0.25) is 4.79 Å². The summed E-state index contributed by atoms with van der Waals surface area (Å²) in [5.41, 5.74) is 4.61. The SMILES string of the molecule is CCN(CC)S(=O)(=O)c1ccc(CNC(=O)CCc2c(C)nc3c4ccccc4nn3c2C)s1. The normalized spacial score (nSPS) is 12.1. The Hall–Kier alpha value is -2.82. The zero-order valence-electron chi connectivity index (χ0n) is 19.8. The number of sulfonamides is 1. The lowest BCUT2D eigenvalue weighted by molar-refractivity contribution is -0.121. The van der Waals surface area contributed by atoms with Crippen molar-refractivity contribution in [1.29, 1.82) is 0 Å². The highest BCUT2D eigenvalue weighted by atomic mass is 32.2. The Morgan fingerprint density at radius 2 is 1.85 bits per heavy atom. The van der Waals surface area contributed by atoms with Crippen molar-refractivity contribution < 1.29 is 13.2 Å². The molecule has 4 aromatic rings. The van der Waals surface area contributed by atoms with Crippen LogP contribution in [0.1, 0.15) is 42.1 Å². The van der Waals surface area contributed by atoms with Crippen LogP contribution in [0.5, 0.6) is 0 Å². The van der Waals surface area contributed by atoms with Gasteiger partial charge < -0.3 is 5.32 Å². The molecular weight excluding hydrogens is 470 g/mol. The summed E-state index contributed by atoms with van der Waals surface area (Å²) >= 11 is 1.20. The summed E-state index contributed by atoms with van der Waals surface area (Å²) in [6, 6.07) is 11.3. The topological polar surface area (TPSA) is 96.7 Å². The van der Waals surface area contributed by atoms with Gasteiger partial charge in [-0.2, -0.15) is 9.40 Å². The molecule has 3 aromatic heterocycles. The van der Waals surface area contributed by atoms with Crippen LogP contribution in [0, 0.1) is 13.8 Å². The van der Waals surface area contributed by atoms with Gasteiger partial charge in [0, 0.05) is 41.2 Å². The van der Waals surface area contributed by atoms with Gasteiger partial charge in [-0.25, -0.2) is 17.9 Å². The largest absolute Gasteiger partial charge is 0.351 e. The van der Waals surface area contributed by atoms with Gasteiger partial charge in [0.2, 0.25) is 5.91 Å². The van der Waals surface area contributed by atoms with E-state index in [1.807, 2.05) is 56.5 Å². The van der Waals surface area contributed by atoms with Gasteiger partial charge in [0.05, 0.1) is 12.1 Å². The number of amides is 1.